The summed E-state index contributed by atoms with van der Waals surface area (Å²) < 4.78 is 26.9. The van der Waals surface area contributed by atoms with Gasteiger partial charge in [0.1, 0.15) is 0 Å². The molecule has 1 fully saturated rings. The fourth-order valence-corrected chi connectivity index (χ4v) is 2.98. The third-order valence-corrected chi connectivity index (χ3v) is 4.33. The zero-order chi connectivity index (χ0) is 21.0. The summed E-state index contributed by atoms with van der Waals surface area (Å²) in [5.74, 6) is -3.27. The van der Waals surface area contributed by atoms with Gasteiger partial charge in [-0.3, -0.25) is 14.4 Å². The number of rotatable bonds is 5. The summed E-state index contributed by atoms with van der Waals surface area (Å²) >= 11 is 0. The monoisotopic (exact) mass is 399 g/mol. The van der Waals surface area contributed by atoms with Crippen LogP contribution in [0.25, 0.3) is 6.08 Å². The van der Waals surface area contributed by atoms with Crippen LogP contribution in [0.2, 0.25) is 0 Å². The first kappa shape index (κ1) is 20.2. The molecule has 0 atom stereocenters. The van der Waals surface area contributed by atoms with Gasteiger partial charge >= 0.3 is 0 Å². The minimum absolute atomic E-state index is 0.0437. The molecule has 3 rings (SSSR count). The zero-order valence-electron chi connectivity index (χ0n) is 15.7. The molecular formula is C21H19F2N3O3. The Kier molecular flexibility index (Phi) is 6.01. The first-order chi connectivity index (χ1) is 13.8. The SMILES string of the molecule is CC(=O)Nc1cc(F)c(F)cc1NC(=O)/C=C/c1ccc(N2CCCC2=O)cc1. The highest BCUT2D eigenvalue weighted by atomic mass is 19.2. The number of amides is 3. The van der Waals surface area contributed by atoms with E-state index in [1.54, 1.807) is 35.2 Å². The van der Waals surface area contributed by atoms with E-state index < -0.39 is 23.4 Å². The van der Waals surface area contributed by atoms with Crippen LogP contribution in [0.5, 0.6) is 0 Å². The van der Waals surface area contributed by atoms with Gasteiger partial charge in [0, 0.05) is 43.8 Å². The third kappa shape index (κ3) is 5.04. The first-order valence-electron chi connectivity index (χ1n) is 8.99. The number of nitrogens with one attached hydrogen (secondary N) is 2. The van der Waals surface area contributed by atoms with Crippen LogP contribution in [0, 0.1) is 11.6 Å². The standard InChI is InChI=1S/C21H19F2N3O3/c1-13(27)24-18-11-16(22)17(23)12-19(18)25-20(28)9-6-14-4-7-15(8-5-14)26-10-2-3-21(26)29/h4-9,11-12H,2-3,10H2,1H3,(H,24,27)(H,25,28)/b9-6+. The van der Waals surface area contributed by atoms with E-state index in [1.165, 1.54) is 13.0 Å². The summed E-state index contributed by atoms with van der Waals surface area (Å²) in [5, 5.41) is 4.76. The van der Waals surface area contributed by atoms with Crippen molar-refractivity contribution in [3.05, 3.63) is 59.7 Å². The van der Waals surface area contributed by atoms with Gasteiger partial charge in [0.15, 0.2) is 11.6 Å². The lowest BCUT2D eigenvalue weighted by Gasteiger charge is -2.15. The number of benzene rings is 2. The molecule has 0 aliphatic carbocycles. The van der Waals surface area contributed by atoms with Crippen molar-refractivity contribution in [2.75, 3.05) is 22.1 Å². The largest absolute Gasteiger partial charge is 0.324 e. The average molecular weight is 399 g/mol. The summed E-state index contributed by atoms with van der Waals surface area (Å²) in [6.07, 6.45) is 4.16. The van der Waals surface area contributed by atoms with Gasteiger partial charge in [0.25, 0.3) is 0 Å². The molecule has 29 heavy (non-hydrogen) atoms. The van der Waals surface area contributed by atoms with Crippen molar-refractivity contribution in [2.24, 2.45) is 0 Å². The highest BCUT2D eigenvalue weighted by Crippen LogP contribution is 2.25. The number of halogens is 2. The number of anilines is 3. The Bertz CT molecular complexity index is 987. The number of hydrogen-bond acceptors (Lipinski definition) is 3. The summed E-state index contributed by atoms with van der Waals surface area (Å²) in [4.78, 5) is 36.9. The number of carbonyl (C=O) groups excluding carboxylic acids is 3. The molecule has 2 aromatic carbocycles. The van der Waals surface area contributed by atoms with Gasteiger partial charge in [-0.25, -0.2) is 8.78 Å². The Morgan fingerprint density at radius 2 is 1.66 bits per heavy atom. The van der Waals surface area contributed by atoms with E-state index in [0.717, 1.165) is 29.8 Å². The van der Waals surface area contributed by atoms with Crippen molar-refractivity contribution >= 4 is 40.9 Å². The molecule has 0 unspecified atom stereocenters. The lowest BCUT2D eigenvalue weighted by molar-refractivity contribution is -0.117. The summed E-state index contributed by atoms with van der Waals surface area (Å²) in [6.45, 7) is 1.91. The highest BCUT2D eigenvalue weighted by Gasteiger charge is 2.21. The second-order valence-electron chi connectivity index (χ2n) is 6.56. The van der Waals surface area contributed by atoms with Gasteiger partial charge in [0.05, 0.1) is 11.4 Å². The number of nitrogens with zero attached hydrogens (tertiary/aromatic N) is 1. The molecule has 0 spiro atoms. The van der Waals surface area contributed by atoms with E-state index in [2.05, 4.69) is 10.6 Å². The fraction of sp³-hybridized carbons (Fsp3) is 0.190. The molecule has 1 heterocycles. The molecule has 1 aliphatic heterocycles. The maximum absolute atomic E-state index is 13.5. The third-order valence-electron chi connectivity index (χ3n) is 4.33. The van der Waals surface area contributed by atoms with Crippen LogP contribution in [0.4, 0.5) is 25.8 Å². The second-order valence-corrected chi connectivity index (χ2v) is 6.56. The maximum atomic E-state index is 13.5. The van der Waals surface area contributed by atoms with Crippen molar-refractivity contribution in [3.63, 3.8) is 0 Å². The van der Waals surface area contributed by atoms with Crippen molar-refractivity contribution in [3.8, 4) is 0 Å². The first-order valence-corrected chi connectivity index (χ1v) is 8.99. The number of hydrogen-bond donors (Lipinski definition) is 2. The van der Waals surface area contributed by atoms with Gasteiger partial charge in [-0.2, -0.15) is 0 Å². The molecule has 3 amide bonds. The van der Waals surface area contributed by atoms with Crippen LogP contribution in [-0.2, 0) is 14.4 Å². The molecule has 2 aromatic rings. The topological polar surface area (TPSA) is 78.5 Å². The van der Waals surface area contributed by atoms with E-state index >= 15 is 0 Å². The van der Waals surface area contributed by atoms with Crippen molar-refractivity contribution in [2.45, 2.75) is 19.8 Å². The molecule has 1 aliphatic rings. The van der Waals surface area contributed by atoms with Gasteiger partial charge in [-0.15, -0.1) is 0 Å². The van der Waals surface area contributed by atoms with Crippen LogP contribution in [0.1, 0.15) is 25.3 Å². The van der Waals surface area contributed by atoms with Crippen LogP contribution >= 0.6 is 0 Å². The minimum Gasteiger partial charge on any atom is -0.324 e. The van der Waals surface area contributed by atoms with Gasteiger partial charge < -0.3 is 15.5 Å². The van der Waals surface area contributed by atoms with Crippen LogP contribution in [0.3, 0.4) is 0 Å². The summed E-state index contributed by atoms with van der Waals surface area (Å²) in [6, 6.07) is 8.73. The average Bonchev–Trinajstić information content (AvgIpc) is 3.10. The predicted molar refractivity (Wildman–Crippen MR) is 106 cm³/mol. The fourth-order valence-electron chi connectivity index (χ4n) is 2.98. The molecule has 8 heteroatoms. The zero-order valence-corrected chi connectivity index (χ0v) is 15.7. The van der Waals surface area contributed by atoms with Gasteiger partial charge in [-0.1, -0.05) is 12.1 Å². The second kappa shape index (κ2) is 8.64. The molecule has 1 saturated heterocycles. The van der Waals surface area contributed by atoms with Crippen LogP contribution in [-0.4, -0.2) is 24.3 Å². The van der Waals surface area contributed by atoms with Gasteiger partial charge in [0.2, 0.25) is 17.7 Å². The highest BCUT2D eigenvalue weighted by molar-refractivity contribution is 6.05. The van der Waals surface area contributed by atoms with E-state index in [0.29, 0.717) is 13.0 Å². The van der Waals surface area contributed by atoms with Crippen LogP contribution in [0.15, 0.2) is 42.5 Å². The smallest absolute Gasteiger partial charge is 0.248 e. The Morgan fingerprint density at radius 3 is 2.21 bits per heavy atom. The molecular weight excluding hydrogens is 380 g/mol. The molecule has 150 valence electrons. The van der Waals surface area contributed by atoms with Crippen molar-refractivity contribution in [1.29, 1.82) is 0 Å². The Labute approximate surface area is 166 Å². The van der Waals surface area contributed by atoms with E-state index in [1.807, 2.05) is 0 Å². The Balaban J connectivity index is 1.69. The molecule has 0 radical (unpaired) electrons. The Morgan fingerprint density at radius 1 is 1.03 bits per heavy atom. The lowest BCUT2D eigenvalue weighted by Crippen LogP contribution is -2.23. The molecule has 0 aromatic heterocycles. The van der Waals surface area contributed by atoms with Gasteiger partial charge in [-0.05, 0) is 30.2 Å². The molecule has 6 nitrogen and oxygen atoms in total. The summed E-state index contributed by atoms with van der Waals surface area (Å²) in [7, 11) is 0. The van der Waals surface area contributed by atoms with Crippen LogP contribution < -0.4 is 15.5 Å². The minimum atomic E-state index is -1.15. The van der Waals surface area contributed by atoms with E-state index in [4.69, 9.17) is 0 Å². The van der Waals surface area contributed by atoms with E-state index in [9.17, 15) is 23.2 Å². The Hall–Kier alpha value is -3.55. The molecule has 0 saturated carbocycles. The normalized spacial score (nSPS) is 13.8. The number of carbonyl (C=O) groups is 3. The molecule has 0 bridgehead atoms. The predicted octanol–water partition coefficient (Wildman–Crippen LogP) is 3.70. The lowest BCUT2D eigenvalue weighted by atomic mass is 10.2. The van der Waals surface area contributed by atoms with Crippen molar-refractivity contribution < 1.29 is 23.2 Å². The summed E-state index contributed by atoms with van der Waals surface area (Å²) in [5.41, 5.74) is 1.42. The maximum Gasteiger partial charge on any atom is 0.248 e. The van der Waals surface area contributed by atoms with E-state index in [-0.39, 0.29) is 17.3 Å². The quantitative estimate of drug-likeness (QED) is 0.753. The molecule has 2 N–H and O–H groups in total. The van der Waals surface area contributed by atoms with Crippen molar-refractivity contribution in [1.82, 2.24) is 0 Å².